The van der Waals surface area contributed by atoms with E-state index in [9.17, 15) is 9.59 Å². The first kappa shape index (κ1) is 16.0. The van der Waals surface area contributed by atoms with Crippen molar-refractivity contribution < 1.29 is 23.8 Å². The van der Waals surface area contributed by atoms with Crippen molar-refractivity contribution in [2.24, 2.45) is 0 Å². The van der Waals surface area contributed by atoms with Gasteiger partial charge in [0.2, 0.25) is 5.78 Å². The Bertz CT molecular complexity index is 467. The molecule has 5 nitrogen and oxygen atoms in total. The van der Waals surface area contributed by atoms with Gasteiger partial charge in [-0.2, -0.15) is 0 Å². The lowest BCUT2D eigenvalue weighted by molar-refractivity contribution is -0.151. The Balaban J connectivity index is 2.43. The smallest absolute Gasteiger partial charge is 0.374 e. The maximum atomic E-state index is 11.3. The number of esters is 1. The number of benzene rings is 1. The highest BCUT2D eigenvalue weighted by Crippen LogP contribution is 2.28. The third-order valence-corrected chi connectivity index (χ3v) is 2.98. The molecule has 20 heavy (non-hydrogen) atoms. The summed E-state index contributed by atoms with van der Waals surface area (Å²) in [5.74, 6) is 0.142. The van der Waals surface area contributed by atoms with E-state index in [0.29, 0.717) is 17.9 Å². The Labute approximate surface area is 118 Å². The lowest BCUT2D eigenvalue weighted by Crippen LogP contribution is -2.14. The molecule has 0 fully saturated rings. The van der Waals surface area contributed by atoms with Crippen LogP contribution in [0.3, 0.4) is 0 Å². The number of ether oxygens (including phenoxy) is 3. The normalized spacial score (nSPS) is 9.95. The third-order valence-electron chi connectivity index (χ3n) is 2.98. The predicted octanol–water partition coefficient (Wildman–Crippen LogP) is 2.16. The second-order valence-corrected chi connectivity index (χ2v) is 4.31. The third kappa shape index (κ3) is 4.57. The number of Topliss-reactive ketones (excluding diaryl/α,β-unsaturated/α-hetero) is 1. The van der Waals surface area contributed by atoms with Crippen LogP contribution in [0.4, 0.5) is 0 Å². The van der Waals surface area contributed by atoms with Crippen LogP contribution in [0.5, 0.6) is 11.5 Å². The fourth-order valence-corrected chi connectivity index (χ4v) is 1.87. The van der Waals surface area contributed by atoms with Gasteiger partial charge in [-0.3, -0.25) is 4.79 Å². The Morgan fingerprint density at radius 2 is 1.70 bits per heavy atom. The van der Waals surface area contributed by atoms with Crippen LogP contribution in [-0.4, -0.2) is 33.1 Å². The van der Waals surface area contributed by atoms with Gasteiger partial charge in [0.1, 0.15) is 0 Å². The first-order chi connectivity index (χ1) is 9.62. The number of carbonyl (C=O) groups excluding carboxylic acids is 2. The average Bonchev–Trinajstić information content (AvgIpc) is 2.50. The van der Waals surface area contributed by atoms with E-state index in [-0.39, 0.29) is 6.42 Å². The van der Waals surface area contributed by atoms with Crippen molar-refractivity contribution in [1.29, 1.82) is 0 Å². The zero-order chi connectivity index (χ0) is 15.0. The van der Waals surface area contributed by atoms with Crippen LogP contribution in [0.15, 0.2) is 18.2 Å². The molecule has 0 saturated carbocycles. The molecule has 0 atom stereocenters. The van der Waals surface area contributed by atoms with E-state index in [4.69, 9.17) is 9.47 Å². The van der Waals surface area contributed by atoms with Gasteiger partial charge in [0.15, 0.2) is 11.5 Å². The molecule has 1 aromatic carbocycles. The van der Waals surface area contributed by atoms with Crippen LogP contribution in [0, 0.1) is 0 Å². The molecule has 0 aliphatic rings. The maximum Gasteiger partial charge on any atom is 0.374 e. The maximum absolute atomic E-state index is 11.3. The van der Waals surface area contributed by atoms with Gasteiger partial charge in [-0.1, -0.05) is 6.07 Å². The van der Waals surface area contributed by atoms with E-state index in [1.165, 1.54) is 7.11 Å². The monoisotopic (exact) mass is 280 g/mol. The molecule has 5 heteroatoms. The number of ketones is 1. The molecule has 0 radical (unpaired) electrons. The molecule has 0 N–H and O–H groups in total. The highest BCUT2D eigenvalue weighted by molar-refractivity contribution is 6.33. The molecule has 110 valence electrons. The Morgan fingerprint density at radius 1 is 1.00 bits per heavy atom. The van der Waals surface area contributed by atoms with Crippen molar-refractivity contribution >= 4 is 11.8 Å². The van der Waals surface area contributed by atoms with Crippen LogP contribution in [0.2, 0.25) is 0 Å². The Kier molecular flexibility index (Phi) is 6.56. The molecule has 0 aromatic heterocycles. The standard InChI is InChI=1S/C15H20O5/c1-18-13-9-8-11(10-14(13)19-2)6-4-5-7-12(16)15(17)20-3/h8-10H,4-7H2,1-3H3. The van der Waals surface area contributed by atoms with E-state index in [1.54, 1.807) is 14.2 Å². The highest BCUT2D eigenvalue weighted by Gasteiger charge is 2.12. The predicted molar refractivity (Wildman–Crippen MR) is 74.1 cm³/mol. The molecule has 1 aromatic rings. The summed E-state index contributed by atoms with van der Waals surface area (Å²) in [4.78, 5) is 22.2. The van der Waals surface area contributed by atoms with Crippen molar-refractivity contribution in [2.45, 2.75) is 25.7 Å². The molecular formula is C15H20O5. The SMILES string of the molecule is COC(=O)C(=O)CCCCc1ccc(OC)c(OC)c1. The zero-order valence-electron chi connectivity index (χ0n) is 12.1. The zero-order valence-corrected chi connectivity index (χ0v) is 12.1. The molecule has 1 rings (SSSR count). The van der Waals surface area contributed by atoms with Gasteiger partial charge in [-0.15, -0.1) is 0 Å². The van der Waals surface area contributed by atoms with Crippen molar-refractivity contribution in [3.8, 4) is 11.5 Å². The van der Waals surface area contributed by atoms with Crippen LogP contribution in [0.25, 0.3) is 0 Å². The van der Waals surface area contributed by atoms with Gasteiger partial charge in [-0.25, -0.2) is 4.79 Å². The molecular weight excluding hydrogens is 260 g/mol. The lowest BCUT2D eigenvalue weighted by atomic mass is 10.1. The summed E-state index contributed by atoms with van der Waals surface area (Å²) in [6.45, 7) is 0. The number of hydrogen-bond acceptors (Lipinski definition) is 5. The summed E-state index contributed by atoms with van der Waals surface area (Å²) >= 11 is 0. The lowest BCUT2D eigenvalue weighted by Gasteiger charge is -2.09. The molecule has 0 aliphatic carbocycles. The fourth-order valence-electron chi connectivity index (χ4n) is 1.87. The van der Waals surface area contributed by atoms with Crippen molar-refractivity contribution in [3.05, 3.63) is 23.8 Å². The number of unbranched alkanes of at least 4 members (excludes halogenated alkanes) is 1. The van der Waals surface area contributed by atoms with E-state index in [0.717, 1.165) is 18.4 Å². The number of carbonyl (C=O) groups is 2. The minimum absolute atomic E-state index is 0.222. The van der Waals surface area contributed by atoms with E-state index < -0.39 is 11.8 Å². The van der Waals surface area contributed by atoms with E-state index in [2.05, 4.69) is 4.74 Å². The molecule has 0 amide bonds. The summed E-state index contributed by atoms with van der Waals surface area (Å²) in [6, 6.07) is 5.73. The van der Waals surface area contributed by atoms with Crippen LogP contribution >= 0.6 is 0 Å². The van der Waals surface area contributed by atoms with Gasteiger partial charge >= 0.3 is 5.97 Å². The van der Waals surface area contributed by atoms with E-state index in [1.807, 2.05) is 18.2 Å². The number of methoxy groups -OCH3 is 3. The van der Waals surface area contributed by atoms with E-state index >= 15 is 0 Å². The summed E-state index contributed by atoms with van der Waals surface area (Å²) in [5.41, 5.74) is 1.10. The largest absolute Gasteiger partial charge is 0.493 e. The average molecular weight is 280 g/mol. The van der Waals surface area contributed by atoms with Gasteiger partial charge < -0.3 is 14.2 Å². The second-order valence-electron chi connectivity index (χ2n) is 4.31. The topological polar surface area (TPSA) is 61.8 Å². The summed E-state index contributed by atoms with van der Waals surface area (Å²) < 4.78 is 14.8. The van der Waals surface area contributed by atoms with Crippen molar-refractivity contribution in [2.75, 3.05) is 21.3 Å². The van der Waals surface area contributed by atoms with Crippen LogP contribution < -0.4 is 9.47 Å². The van der Waals surface area contributed by atoms with Gasteiger partial charge in [0.25, 0.3) is 0 Å². The first-order valence-electron chi connectivity index (χ1n) is 6.44. The van der Waals surface area contributed by atoms with Gasteiger partial charge in [0.05, 0.1) is 21.3 Å². The second kappa shape index (κ2) is 8.19. The van der Waals surface area contributed by atoms with Crippen molar-refractivity contribution in [1.82, 2.24) is 0 Å². The number of hydrogen-bond donors (Lipinski definition) is 0. The minimum atomic E-state index is -0.767. The van der Waals surface area contributed by atoms with Crippen molar-refractivity contribution in [3.63, 3.8) is 0 Å². The molecule has 0 heterocycles. The summed E-state index contributed by atoms with van der Waals surface area (Å²) in [6.07, 6.45) is 2.51. The summed E-state index contributed by atoms with van der Waals surface area (Å²) in [7, 11) is 4.40. The number of rotatable bonds is 8. The molecule has 0 bridgehead atoms. The number of aryl methyl sites for hydroxylation is 1. The van der Waals surface area contributed by atoms with Crippen LogP contribution in [0.1, 0.15) is 24.8 Å². The highest BCUT2D eigenvalue weighted by atomic mass is 16.5. The Hall–Kier alpha value is -2.04. The van der Waals surface area contributed by atoms with Gasteiger partial charge in [0, 0.05) is 6.42 Å². The quantitative estimate of drug-likeness (QED) is 0.415. The first-order valence-corrected chi connectivity index (χ1v) is 6.44. The van der Waals surface area contributed by atoms with Crippen LogP contribution in [-0.2, 0) is 20.7 Å². The molecule has 0 unspecified atom stereocenters. The fraction of sp³-hybridized carbons (Fsp3) is 0.467. The Morgan fingerprint density at radius 3 is 2.30 bits per heavy atom. The molecule has 0 aliphatic heterocycles. The minimum Gasteiger partial charge on any atom is -0.493 e. The van der Waals surface area contributed by atoms with Gasteiger partial charge in [-0.05, 0) is 37.0 Å². The summed E-state index contributed by atoms with van der Waals surface area (Å²) in [5, 5.41) is 0. The molecule has 0 spiro atoms. The molecule has 0 saturated heterocycles.